The maximum Gasteiger partial charge on any atom is 0.631 e. The van der Waals surface area contributed by atoms with E-state index in [0.29, 0.717) is 0 Å². The van der Waals surface area contributed by atoms with Crippen molar-refractivity contribution in [2.24, 2.45) is 0 Å². The van der Waals surface area contributed by atoms with Crippen LogP contribution in [-0.4, -0.2) is 89.6 Å². The Morgan fingerprint density at radius 2 is 0.294 bits per heavy atom. The molecule has 17 heavy (non-hydrogen) atoms. The Kier molecular flexibility index (Phi) is 45.8. The minimum Gasteiger partial charge on any atom is -0.402 e. The number of rotatable bonds is 0. The van der Waals surface area contributed by atoms with Crippen molar-refractivity contribution in [3.05, 3.63) is 0 Å². The molecule has 12 nitrogen and oxygen atoms in total. The molecule has 0 rings (SSSR count). The fraction of sp³-hybridized carbons (Fsp3) is 0. The second kappa shape index (κ2) is 25.5. The first-order chi connectivity index (χ1) is 6.93. The molecule has 0 heterocycles. The second-order valence-corrected chi connectivity index (χ2v) is 1.39. The van der Waals surface area contributed by atoms with Crippen LogP contribution in [0.4, 0.5) is 0 Å². The van der Waals surface area contributed by atoms with Gasteiger partial charge in [-0.2, -0.15) is 0 Å². The van der Waals surface area contributed by atoms with Crippen LogP contribution in [0.25, 0.3) is 0 Å². The number of hydrogen-bond acceptors (Lipinski definition) is 12. The third kappa shape index (κ3) is 8460. The van der Waals surface area contributed by atoms with E-state index < -0.39 is 29.3 Å². The van der Waals surface area contributed by atoms with Crippen molar-refractivity contribution in [3.63, 3.8) is 0 Å². The SMILES string of the molecule is OB(O)O.OB(O)O.OB(O)O.OB(O)O.[Sc]. The van der Waals surface area contributed by atoms with Crippen molar-refractivity contribution in [1.29, 1.82) is 0 Å². The molecule has 0 aromatic carbocycles. The van der Waals surface area contributed by atoms with Crippen LogP contribution in [0.15, 0.2) is 0 Å². The Morgan fingerprint density at radius 1 is 0.294 bits per heavy atom. The minimum atomic E-state index is -2.17. The third-order valence-electron chi connectivity index (χ3n) is 0. The molecule has 0 aliphatic carbocycles. The third-order valence-corrected chi connectivity index (χ3v) is 0. The van der Waals surface area contributed by atoms with Gasteiger partial charge in [0.25, 0.3) is 0 Å². The van der Waals surface area contributed by atoms with Crippen molar-refractivity contribution in [1.82, 2.24) is 0 Å². The van der Waals surface area contributed by atoms with Crippen molar-refractivity contribution in [2.45, 2.75) is 0 Å². The molecule has 0 saturated heterocycles. The van der Waals surface area contributed by atoms with Crippen molar-refractivity contribution >= 4 is 29.3 Å². The fourth-order valence-corrected chi connectivity index (χ4v) is 0. The second-order valence-electron chi connectivity index (χ2n) is 1.39. The summed E-state index contributed by atoms with van der Waals surface area (Å²) in [6, 6.07) is 0. The van der Waals surface area contributed by atoms with Gasteiger partial charge in [-0.15, -0.1) is 0 Å². The van der Waals surface area contributed by atoms with Crippen LogP contribution < -0.4 is 0 Å². The summed E-state index contributed by atoms with van der Waals surface area (Å²) < 4.78 is 0. The van der Waals surface area contributed by atoms with Crippen LogP contribution in [-0.2, 0) is 25.8 Å². The van der Waals surface area contributed by atoms with Crippen LogP contribution in [0.1, 0.15) is 0 Å². The van der Waals surface area contributed by atoms with E-state index in [0.717, 1.165) is 0 Å². The summed E-state index contributed by atoms with van der Waals surface area (Å²) in [4.78, 5) is 0. The van der Waals surface area contributed by atoms with E-state index in [2.05, 4.69) is 0 Å². The van der Waals surface area contributed by atoms with Gasteiger partial charge in [-0.25, -0.2) is 0 Å². The zero-order valence-corrected chi connectivity index (χ0v) is 10.1. The van der Waals surface area contributed by atoms with Crippen LogP contribution in [0.3, 0.4) is 0 Å². The van der Waals surface area contributed by atoms with E-state index in [1.165, 1.54) is 0 Å². The Balaban J connectivity index is -0.0000000369. The molecule has 0 aromatic heterocycles. The maximum absolute atomic E-state index is 7.17. The molecule has 0 spiro atoms. The molecule has 1 radical (unpaired) electrons. The molecule has 0 unspecified atom stereocenters. The summed E-state index contributed by atoms with van der Waals surface area (Å²) in [7, 11) is -8.67. The monoisotopic (exact) mass is 293 g/mol. The maximum atomic E-state index is 7.17. The first-order valence-corrected chi connectivity index (χ1v) is 3.10. The molecule has 0 aromatic rings. The first kappa shape index (κ1) is 30.6. The summed E-state index contributed by atoms with van der Waals surface area (Å²) >= 11 is 0. The van der Waals surface area contributed by atoms with Gasteiger partial charge in [0.1, 0.15) is 0 Å². The standard InChI is InChI=1S/4BH3O3.Sc/c4*2-1(3)4;/h4*2-4H;. The average molecular weight is 292 g/mol. The Labute approximate surface area is 116 Å². The summed E-state index contributed by atoms with van der Waals surface area (Å²) in [6.45, 7) is 0. The van der Waals surface area contributed by atoms with Crippen molar-refractivity contribution < 1.29 is 86.1 Å². The smallest absolute Gasteiger partial charge is 0.402 e. The van der Waals surface area contributed by atoms with Crippen LogP contribution in [0.2, 0.25) is 0 Å². The molecule has 0 saturated carbocycles. The Hall–Kier alpha value is 0.650. The fourth-order valence-electron chi connectivity index (χ4n) is 0. The molecule has 0 fully saturated rings. The first-order valence-electron chi connectivity index (χ1n) is 3.10. The van der Waals surface area contributed by atoms with Crippen LogP contribution in [0.5, 0.6) is 0 Å². The van der Waals surface area contributed by atoms with Crippen LogP contribution >= 0.6 is 0 Å². The normalized spacial score (nSPS) is 6.35. The Bertz CT molecular complexity index is 61.5. The molecule has 0 aliphatic rings. The molecular weight excluding hydrogens is 280 g/mol. The number of hydrogen-bond donors (Lipinski definition) is 12. The van der Waals surface area contributed by atoms with Gasteiger partial charge >= 0.3 is 29.3 Å². The topological polar surface area (TPSA) is 243 Å². The van der Waals surface area contributed by atoms with Gasteiger partial charge in [-0.1, -0.05) is 0 Å². The van der Waals surface area contributed by atoms with Crippen molar-refractivity contribution in [3.8, 4) is 0 Å². The summed E-state index contributed by atoms with van der Waals surface area (Å²) in [6.07, 6.45) is 0. The van der Waals surface area contributed by atoms with Gasteiger partial charge in [-0.3, -0.25) is 0 Å². The molecular formula is H12B4O12Sc. The van der Waals surface area contributed by atoms with Gasteiger partial charge in [0.05, 0.1) is 0 Å². The van der Waals surface area contributed by atoms with Crippen molar-refractivity contribution in [2.75, 3.05) is 0 Å². The molecule has 0 aliphatic heterocycles. The van der Waals surface area contributed by atoms with E-state index in [1.54, 1.807) is 0 Å². The zero-order valence-electron chi connectivity index (χ0n) is 8.25. The molecule has 99 valence electrons. The largest absolute Gasteiger partial charge is 0.631 e. The zero-order chi connectivity index (χ0) is 14.3. The van der Waals surface area contributed by atoms with Gasteiger partial charge < -0.3 is 60.3 Å². The predicted molar refractivity (Wildman–Crippen MR) is 49.6 cm³/mol. The molecule has 12 N–H and O–H groups in total. The summed E-state index contributed by atoms with van der Waals surface area (Å²) in [5.74, 6) is 0. The van der Waals surface area contributed by atoms with Gasteiger partial charge in [0, 0.05) is 25.8 Å². The van der Waals surface area contributed by atoms with E-state index >= 15 is 0 Å². The van der Waals surface area contributed by atoms with E-state index in [9.17, 15) is 0 Å². The van der Waals surface area contributed by atoms with E-state index in [-0.39, 0.29) is 25.8 Å². The van der Waals surface area contributed by atoms with E-state index in [1.807, 2.05) is 0 Å². The van der Waals surface area contributed by atoms with Crippen LogP contribution in [0, 0.1) is 0 Å². The predicted octanol–water partition coefficient (Wildman–Crippen LogP) is -8.21. The van der Waals surface area contributed by atoms with Gasteiger partial charge in [0.15, 0.2) is 0 Å². The summed E-state index contributed by atoms with van der Waals surface area (Å²) in [5.41, 5.74) is 0. The Morgan fingerprint density at radius 3 is 0.294 bits per heavy atom. The average Bonchev–Trinajstić information content (AvgIpc) is 1.76. The summed E-state index contributed by atoms with van der Waals surface area (Å²) in [5, 5.41) is 86.0. The molecule has 0 bridgehead atoms. The molecule has 0 atom stereocenters. The van der Waals surface area contributed by atoms with Gasteiger partial charge in [-0.05, 0) is 0 Å². The minimum absolute atomic E-state index is 0. The van der Waals surface area contributed by atoms with Gasteiger partial charge in [0.2, 0.25) is 0 Å². The quantitative estimate of drug-likeness (QED) is 0.186. The molecule has 17 heteroatoms. The van der Waals surface area contributed by atoms with E-state index in [4.69, 9.17) is 60.3 Å². The molecule has 0 amide bonds.